The summed E-state index contributed by atoms with van der Waals surface area (Å²) in [5.74, 6) is -0.480. The highest BCUT2D eigenvalue weighted by atomic mass is 32.1. The lowest BCUT2D eigenvalue weighted by molar-refractivity contribution is -0.115. The monoisotopic (exact) mass is 330 g/mol. The molecule has 0 aliphatic heterocycles. The van der Waals surface area contributed by atoms with Gasteiger partial charge in [-0.3, -0.25) is 9.59 Å². The summed E-state index contributed by atoms with van der Waals surface area (Å²) < 4.78 is 10.6. The minimum absolute atomic E-state index is 0.0761. The van der Waals surface area contributed by atoms with Gasteiger partial charge in [0, 0.05) is 16.3 Å². The second-order valence-corrected chi connectivity index (χ2v) is 5.87. The molecule has 3 aromatic rings. The van der Waals surface area contributed by atoms with E-state index in [1.807, 2.05) is 17.5 Å². The number of methoxy groups -OCH3 is 1. The SMILES string of the molecule is COc1ccc2c(NC(=O)Cc3cccs3)c(C(N)=O)oc2c1. The number of thiophene rings is 1. The van der Waals surface area contributed by atoms with E-state index in [9.17, 15) is 9.59 Å². The maximum atomic E-state index is 12.2. The molecule has 2 aromatic heterocycles. The van der Waals surface area contributed by atoms with Crippen molar-refractivity contribution in [3.63, 3.8) is 0 Å². The minimum atomic E-state index is -0.744. The Balaban J connectivity index is 1.96. The number of nitrogens with two attached hydrogens (primary N) is 1. The van der Waals surface area contributed by atoms with E-state index in [1.165, 1.54) is 18.4 Å². The number of hydrogen-bond acceptors (Lipinski definition) is 5. The Morgan fingerprint density at radius 3 is 2.83 bits per heavy atom. The molecule has 23 heavy (non-hydrogen) atoms. The molecule has 0 atom stereocenters. The molecule has 0 aliphatic carbocycles. The highest BCUT2D eigenvalue weighted by Gasteiger charge is 2.21. The van der Waals surface area contributed by atoms with E-state index in [2.05, 4.69) is 5.32 Å². The molecule has 0 aliphatic rings. The average Bonchev–Trinajstić information content (AvgIpc) is 3.14. The smallest absolute Gasteiger partial charge is 0.286 e. The van der Waals surface area contributed by atoms with Crippen LogP contribution < -0.4 is 15.8 Å². The summed E-state index contributed by atoms with van der Waals surface area (Å²) in [7, 11) is 1.53. The van der Waals surface area contributed by atoms with Crippen molar-refractivity contribution in [1.29, 1.82) is 0 Å². The number of carbonyl (C=O) groups excluding carboxylic acids is 2. The van der Waals surface area contributed by atoms with Gasteiger partial charge < -0.3 is 20.2 Å². The second kappa shape index (κ2) is 6.13. The topological polar surface area (TPSA) is 94.6 Å². The lowest BCUT2D eigenvalue weighted by Crippen LogP contribution is -2.18. The lowest BCUT2D eigenvalue weighted by atomic mass is 10.2. The molecule has 0 radical (unpaired) electrons. The van der Waals surface area contributed by atoms with Gasteiger partial charge in [0.05, 0.1) is 13.5 Å². The number of primary amides is 1. The predicted molar refractivity (Wildman–Crippen MR) is 87.9 cm³/mol. The number of ether oxygens (including phenoxy) is 1. The summed E-state index contributed by atoms with van der Waals surface area (Å²) in [5, 5.41) is 5.22. The normalized spacial score (nSPS) is 10.7. The largest absolute Gasteiger partial charge is 0.497 e. The number of carbonyl (C=O) groups is 2. The van der Waals surface area contributed by atoms with Crippen LogP contribution in [0.4, 0.5) is 5.69 Å². The third kappa shape index (κ3) is 3.04. The number of nitrogens with one attached hydrogen (secondary N) is 1. The van der Waals surface area contributed by atoms with Crippen molar-refractivity contribution < 1.29 is 18.7 Å². The van der Waals surface area contributed by atoms with Crippen LogP contribution in [0.5, 0.6) is 5.75 Å². The van der Waals surface area contributed by atoms with Gasteiger partial charge in [0.2, 0.25) is 11.7 Å². The number of amides is 2. The van der Waals surface area contributed by atoms with Gasteiger partial charge in [0.25, 0.3) is 5.91 Å². The highest BCUT2D eigenvalue weighted by molar-refractivity contribution is 7.10. The number of hydrogen-bond donors (Lipinski definition) is 2. The molecule has 2 amide bonds. The van der Waals surface area contributed by atoms with Gasteiger partial charge in [0.1, 0.15) is 17.0 Å². The molecule has 3 rings (SSSR count). The zero-order chi connectivity index (χ0) is 16.4. The van der Waals surface area contributed by atoms with E-state index in [-0.39, 0.29) is 23.8 Å². The summed E-state index contributed by atoms with van der Waals surface area (Å²) in [6.45, 7) is 0. The van der Waals surface area contributed by atoms with Gasteiger partial charge in [-0.1, -0.05) is 6.07 Å². The second-order valence-electron chi connectivity index (χ2n) is 4.84. The number of fused-ring (bicyclic) bond motifs is 1. The molecular weight excluding hydrogens is 316 g/mol. The number of rotatable bonds is 5. The zero-order valence-corrected chi connectivity index (χ0v) is 13.1. The molecule has 0 unspecified atom stereocenters. The van der Waals surface area contributed by atoms with Gasteiger partial charge in [-0.2, -0.15) is 0 Å². The van der Waals surface area contributed by atoms with Crippen LogP contribution in [-0.4, -0.2) is 18.9 Å². The molecule has 0 fully saturated rings. The van der Waals surface area contributed by atoms with Gasteiger partial charge in [-0.05, 0) is 23.6 Å². The Labute approximate surface area is 135 Å². The van der Waals surface area contributed by atoms with Crippen LogP contribution in [-0.2, 0) is 11.2 Å². The van der Waals surface area contributed by atoms with E-state index in [0.717, 1.165) is 4.88 Å². The van der Waals surface area contributed by atoms with Crippen molar-refractivity contribution >= 4 is 39.8 Å². The summed E-state index contributed by atoms with van der Waals surface area (Å²) in [6.07, 6.45) is 0.221. The van der Waals surface area contributed by atoms with E-state index in [0.29, 0.717) is 16.7 Å². The van der Waals surface area contributed by atoms with Crippen molar-refractivity contribution in [2.24, 2.45) is 5.73 Å². The van der Waals surface area contributed by atoms with Gasteiger partial charge in [0.15, 0.2) is 0 Å². The zero-order valence-electron chi connectivity index (χ0n) is 12.3. The van der Waals surface area contributed by atoms with Crippen LogP contribution in [0.25, 0.3) is 11.0 Å². The van der Waals surface area contributed by atoms with Crippen LogP contribution in [0.2, 0.25) is 0 Å². The van der Waals surface area contributed by atoms with Crippen molar-refractivity contribution in [1.82, 2.24) is 0 Å². The maximum absolute atomic E-state index is 12.2. The molecule has 0 bridgehead atoms. The highest BCUT2D eigenvalue weighted by Crippen LogP contribution is 2.33. The fourth-order valence-corrected chi connectivity index (χ4v) is 2.96. The van der Waals surface area contributed by atoms with Crippen molar-refractivity contribution in [3.8, 4) is 5.75 Å². The van der Waals surface area contributed by atoms with Gasteiger partial charge in [-0.25, -0.2) is 0 Å². The number of furan rings is 1. The first kappa shape index (κ1) is 15.1. The summed E-state index contributed by atoms with van der Waals surface area (Å²) in [5.41, 5.74) is 6.06. The summed E-state index contributed by atoms with van der Waals surface area (Å²) >= 11 is 1.49. The van der Waals surface area contributed by atoms with Gasteiger partial charge >= 0.3 is 0 Å². The number of benzene rings is 1. The maximum Gasteiger partial charge on any atom is 0.286 e. The van der Waals surface area contributed by atoms with Crippen molar-refractivity contribution in [3.05, 3.63) is 46.3 Å². The van der Waals surface area contributed by atoms with Crippen LogP contribution in [0.3, 0.4) is 0 Å². The third-order valence-electron chi connectivity index (χ3n) is 3.30. The molecule has 0 saturated carbocycles. The van der Waals surface area contributed by atoms with E-state index >= 15 is 0 Å². The first-order valence-corrected chi connectivity index (χ1v) is 7.69. The number of anilines is 1. The van der Waals surface area contributed by atoms with Crippen LogP contribution in [0, 0.1) is 0 Å². The Kier molecular flexibility index (Phi) is 4.03. The molecular formula is C16H14N2O4S. The van der Waals surface area contributed by atoms with Crippen molar-refractivity contribution in [2.45, 2.75) is 6.42 Å². The van der Waals surface area contributed by atoms with Crippen molar-refractivity contribution in [2.75, 3.05) is 12.4 Å². The first-order chi connectivity index (χ1) is 11.1. The minimum Gasteiger partial charge on any atom is -0.497 e. The summed E-state index contributed by atoms with van der Waals surface area (Å²) in [4.78, 5) is 24.7. The standard InChI is InChI=1S/C16H14N2O4S/c1-21-9-4-5-11-12(7-9)22-15(16(17)20)14(11)18-13(19)8-10-3-2-6-23-10/h2-7H,8H2,1H3,(H2,17,20)(H,18,19). The molecule has 2 heterocycles. The fraction of sp³-hybridized carbons (Fsp3) is 0.125. The van der Waals surface area contributed by atoms with Gasteiger partial charge in [-0.15, -0.1) is 11.3 Å². The Morgan fingerprint density at radius 2 is 2.17 bits per heavy atom. The molecule has 0 spiro atoms. The molecule has 0 saturated heterocycles. The molecule has 6 nitrogen and oxygen atoms in total. The Hall–Kier alpha value is -2.80. The van der Waals surface area contributed by atoms with Crippen LogP contribution in [0.1, 0.15) is 15.4 Å². The van der Waals surface area contributed by atoms with E-state index < -0.39 is 5.91 Å². The van der Waals surface area contributed by atoms with Crippen LogP contribution in [0.15, 0.2) is 40.1 Å². The predicted octanol–water partition coefficient (Wildman–Crippen LogP) is 2.78. The molecule has 7 heteroatoms. The molecule has 3 N–H and O–H groups in total. The molecule has 1 aromatic carbocycles. The molecule has 118 valence electrons. The van der Waals surface area contributed by atoms with E-state index in [4.69, 9.17) is 14.9 Å². The van der Waals surface area contributed by atoms with Crippen LogP contribution >= 0.6 is 11.3 Å². The Bertz CT molecular complexity index is 868. The first-order valence-electron chi connectivity index (χ1n) is 6.81. The quantitative estimate of drug-likeness (QED) is 0.752. The summed E-state index contributed by atoms with van der Waals surface area (Å²) in [6, 6.07) is 8.82. The average molecular weight is 330 g/mol. The van der Waals surface area contributed by atoms with E-state index in [1.54, 1.807) is 18.2 Å². The fourth-order valence-electron chi connectivity index (χ4n) is 2.26. The Morgan fingerprint density at radius 1 is 1.35 bits per heavy atom. The lowest BCUT2D eigenvalue weighted by Gasteiger charge is -2.04. The third-order valence-corrected chi connectivity index (χ3v) is 4.18.